The first-order valence-corrected chi connectivity index (χ1v) is 35.7. The molecule has 0 saturated carbocycles. The largest absolute Gasteiger partial charge is 1.00 e. The molecule has 15 aromatic rings. The number of nitrogens with zero attached hydrogens (tertiary/aromatic N) is 2. The summed E-state index contributed by atoms with van der Waals surface area (Å²) in [5, 5.41) is 7.82. The summed E-state index contributed by atoms with van der Waals surface area (Å²) >= 11 is 0. The normalized spacial score (nSPS) is 15.8. The van der Waals surface area contributed by atoms with E-state index >= 15 is 0 Å². The van der Waals surface area contributed by atoms with Crippen molar-refractivity contribution in [3.8, 4) is 89.0 Å². The zero-order valence-electron chi connectivity index (χ0n) is 59.5. The van der Waals surface area contributed by atoms with Gasteiger partial charge in [-0.1, -0.05) is 280 Å². The fourth-order valence-corrected chi connectivity index (χ4v) is 18.6. The number of hydrogen-bond donors (Lipinski definition) is 0. The Balaban J connectivity index is 0.000000117. The first-order valence-electron chi connectivity index (χ1n) is 35.7. The topological polar surface area (TPSA) is 52.1 Å². The first kappa shape index (κ1) is 63.9. The molecular weight excluding hydrogens is 1240 g/mol. The van der Waals surface area contributed by atoms with E-state index in [9.17, 15) is 4.79 Å². The van der Waals surface area contributed by atoms with Crippen LogP contribution in [0.4, 0.5) is 0 Å². The van der Waals surface area contributed by atoms with E-state index in [4.69, 9.17) is 9.72 Å². The molecule has 0 N–H and O–H groups in total. The molecule has 3 heterocycles. The van der Waals surface area contributed by atoms with Crippen LogP contribution in [0.1, 0.15) is 139 Å². The number of aromatic nitrogens is 2. The van der Waals surface area contributed by atoms with Crippen molar-refractivity contribution in [1.82, 2.24) is 9.97 Å². The fourth-order valence-electron chi connectivity index (χ4n) is 18.6. The van der Waals surface area contributed by atoms with Crippen LogP contribution in [-0.4, -0.2) is 15.9 Å². The third-order valence-corrected chi connectivity index (χ3v) is 23.6. The van der Waals surface area contributed by atoms with Gasteiger partial charge in [0.05, 0.1) is 5.56 Å². The Bertz CT molecular complexity index is 5880. The standard InChI is InChI=1S/C49H35N.C22H17NO2.C15H13.C12H8.Li/c1-48(2)39-17-7-5-13-31(39)33-21-19-29(25-41(33)48)44-35-23-24-50-27-38(35)45(47-37-16-10-12-28-11-9-15-36(43(28)37)46(44)47)30-20-22-34-32-14-6-8-18-40(32)49(3,4)42(34)26-30;1-22(2)18-6-4-3-5-14(18)15-8-7-13(11-19(15)22)20-17-12-23-10-9-16(17)21(24)25-20;1-15(2)13-9-5-3-7-11(13)12-8-4-6-10-14(12)15;1-3-9-4-2-6-11-8-7-10(5-1)12(9)11;/h5-27H,1-4H3;3-12,20H,1-2H3;3-5,7-10H,1-2H3;1-8H;/q;;-1;;+1. The Morgan fingerprint density at radius 1 is 0.350 bits per heavy atom. The average molecular weight is 1320 g/mol. The van der Waals surface area contributed by atoms with Gasteiger partial charge in [0.25, 0.3) is 0 Å². The monoisotopic (exact) mass is 1320 g/mol. The van der Waals surface area contributed by atoms with Gasteiger partial charge >= 0.3 is 24.8 Å². The summed E-state index contributed by atoms with van der Waals surface area (Å²) in [6.07, 6.45) is 11.4. The van der Waals surface area contributed by atoms with Gasteiger partial charge in [-0.3, -0.25) is 9.97 Å². The van der Waals surface area contributed by atoms with Gasteiger partial charge in [0.2, 0.25) is 0 Å². The maximum Gasteiger partial charge on any atom is 1.00 e. The number of carbonyl (C=O) groups excluding carboxylic acids is 1. The second kappa shape index (κ2) is 23.7. The van der Waals surface area contributed by atoms with Gasteiger partial charge in [0.15, 0.2) is 6.10 Å². The van der Waals surface area contributed by atoms with E-state index < -0.39 is 0 Å². The Morgan fingerprint density at radius 3 is 1.30 bits per heavy atom. The van der Waals surface area contributed by atoms with Crippen molar-refractivity contribution < 1.29 is 28.4 Å². The molecule has 6 aliphatic carbocycles. The van der Waals surface area contributed by atoms with Gasteiger partial charge in [0, 0.05) is 52.0 Å². The molecule has 1 unspecified atom stereocenters. The minimum atomic E-state index is -0.374. The van der Waals surface area contributed by atoms with E-state index in [0.29, 0.717) is 5.56 Å². The molecule has 0 spiro atoms. The van der Waals surface area contributed by atoms with Crippen LogP contribution < -0.4 is 18.9 Å². The van der Waals surface area contributed by atoms with E-state index in [2.05, 4.69) is 327 Å². The van der Waals surface area contributed by atoms with Crippen LogP contribution >= 0.6 is 0 Å². The van der Waals surface area contributed by atoms with Crippen LogP contribution in [0, 0.1) is 6.07 Å². The molecule has 5 heteroatoms. The van der Waals surface area contributed by atoms with Crippen LogP contribution in [0.3, 0.4) is 0 Å². The summed E-state index contributed by atoms with van der Waals surface area (Å²) < 4.78 is 5.64. The minimum absolute atomic E-state index is 0. The van der Waals surface area contributed by atoms with E-state index in [1.807, 2.05) is 12.3 Å². The maximum atomic E-state index is 12.1. The molecule has 0 amide bonds. The molecule has 7 aliphatic rings. The van der Waals surface area contributed by atoms with Crippen molar-refractivity contribution in [3.63, 3.8) is 0 Å². The number of esters is 1. The summed E-state index contributed by atoms with van der Waals surface area (Å²) in [7, 11) is 0. The number of rotatable bonds is 3. The van der Waals surface area contributed by atoms with E-state index in [-0.39, 0.29) is 52.6 Å². The van der Waals surface area contributed by atoms with Crippen LogP contribution in [0.5, 0.6) is 0 Å². The minimum Gasteiger partial charge on any atom is -0.449 e. The molecule has 0 saturated heterocycles. The molecule has 103 heavy (non-hydrogen) atoms. The summed E-state index contributed by atoms with van der Waals surface area (Å²) in [6.45, 7) is 18.6. The van der Waals surface area contributed by atoms with Gasteiger partial charge in [-0.05, 0) is 196 Å². The third kappa shape index (κ3) is 9.54. The molecule has 1 atom stereocenters. The smallest absolute Gasteiger partial charge is 0.449 e. The summed E-state index contributed by atoms with van der Waals surface area (Å²) in [5.74, 6) is -0.273. The molecule has 488 valence electrons. The van der Waals surface area contributed by atoms with E-state index in [1.165, 1.54) is 177 Å². The third-order valence-electron chi connectivity index (χ3n) is 23.6. The van der Waals surface area contributed by atoms with Crippen molar-refractivity contribution >= 4 is 50.4 Å². The van der Waals surface area contributed by atoms with Crippen molar-refractivity contribution in [2.75, 3.05) is 0 Å². The van der Waals surface area contributed by atoms with Gasteiger partial charge in [0.1, 0.15) is 0 Å². The average Bonchev–Trinajstić information content (AvgIpc) is 1.56. The molecule has 22 rings (SSSR count). The number of cyclic esters (lactones) is 1. The number of fused-ring (bicyclic) bond motifs is 17. The second-order valence-corrected chi connectivity index (χ2v) is 30.5. The molecule has 1 aliphatic heterocycles. The Kier molecular flexibility index (Phi) is 14.7. The number of benzene rings is 13. The number of pyridine rings is 2. The number of carbonyl (C=O) groups is 1. The van der Waals surface area contributed by atoms with Crippen LogP contribution in [0.25, 0.3) is 133 Å². The molecule has 0 bridgehead atoms. The summed E-state index contributed by atoms with van der Waals surface area (Å²) in [6, 6.07) is 95.9. The quantitative estimate of drug-likeness (QED) is 0.100. The molecule has 0 fully saturated rings. The molecule has 2 aromatic heterocycles. The van der Waals surface area contributed by atoms with Crippen LogP contribution in [-0.2, 0) is 26.4 Å². The fraction of sp³-hybridized carbons (Fsp3) is 0.133. The maximum absolute atomic E-state index is 12.1. The van der Waals surface area contributed by atoms with Gasteiger partial charge in [-0.15, -0.1) is 11.1 Å². The van der Waals surface area contributed by atoms with E-state index in [0.717, 1.165) is 11.1 Å². The molecular formula is C98H73LiN2O2. The summed E-state index contributed by atoms with van der Waals surface area (Å²) in [4.78, 5) is 21.1. The molecule has 13 aromatic carbocycles. The van der Waals surface area contributed by atoms with Crippen molar-refractivity contribution in [3.05, 3.63) is 358 Å². The zero-order valence-corrected chi connectivity index (χ0v) is 59.5. The Labute approximate surface area is 614 Å². The van der Waals surface area contributed by atoms with E-state index in [1.54, 1.807) is 18.5 Å². The SMILES string of the molecule is C1=Cc2cccc3cccc1c23.CC1(C)c2c[c-]ccc2-c2ccccc21.CC1(C)c2ccccc2-c2ccc(-c3c4c(c(-c5ccc6c(c5)C(C)(C)c5ccccc5-6)c5cnccc35)-c3cccc5cccc-4c35)cc21.CC1(C)c2ccccc2-c2ccc(C3OC(=O)c4ccncc43)cc21.[Li+]. The van der Waals surface area contributed by atoms with Crippen LogP contribution in [0.2, 0.25) is 0 Å². The predicted molar refractivity (Wildman–Crippen MR) is 421 cm³/mol. The van der Waals surface area contributed by atoms with Crippen molar-refractivity contribution in [2.24, 2.45) is 0 Å². The first-order chi connectivity index (χ1) is 49.6. The number of ether oxygens (including phenoxy) is 1. The summed E-state index contributed by atoms with van der Waals surface area (Å²) in [5.41, 5.74) is 37.2. The van der Waals surface area contributed by atoms with Crippen LogP contribution in [0.15, 0.2) is 280 Å². The van der Waals surface area contributed by atoms with Crippen molar-refractivity contribution in [2.45, 2.75) is 83.2 Å². The Morgan fingerprint density at radius 2 is 0.767 bits per heavy atom. The second-order valence-electron chi connectivity index (χ2n) is 30.5. The molecule has 0 radical (unpaired) electrons. The van der Waals surface area contributed by atoms with Gasteiger partial charge in [-0.2, -0.15) is 24.3 Å². The number of hydrogen-bond acceptors (Lipinski definition) is 4. The van der Waals surface area contributed by atoms with Gasteiger partial charge < -0.3 is 4.74 Å². The van der Waals surface area contributed by atoms with Crippen molar-refractivity contribution in [1.29, 1.82) is 0 Å². The van der Waals surface area contributed by atoms with Gasteiger partial charge in [-0.25, -0.2) is 4.79 Å². The zero-order chi connectivity index (χ0) is 69.1. The molecule has 4 nitrogen and oxygen atoms in total. The Hall–Kier alpha value is -11.3. The predicted octanol–water partition coefficient (Wildman–Crippen LogP) is 21.8.